The van der Waals surface area contributed by atoms with Crippen molar-refractivity contribution in [3.63, 3.8) is 0 Å². The Kier molecular flexibility index (Phi) is 8.89. The van der Waals surface area contributed by atoms with Crippen LogP contribution in [-0.4, -0.2) is 42.4 Å². The Balaban J connectivity index is 3.80. The minimum Gasteiger partial charge on any atom is -0.480 e. The number of carboxylic acid groups (broad SMARTS) is 1. The molecule has 4 N–H and O–H groups in total. The van der Waals surface area contributed by atoms with E-state index in [1.807, 2.05) is 0 Å². The van der Waals surface area contributed by atoms with Gasteiger partial charge in [-0.25, -0.2) is 4.79 Å². The predicted octanol–water partition coefficient (Wildman–Crippen LogP) is -0.293. The number of rotatable bonds is 9. The molecule has 1 atom stereocenters. The van der Waals surface area contributed by atoms with E-state index >= 15 is 0 Å². The van der Waals surface area contributed by atoms with Crippen LogP contribution in [-0.2, 0) is 14.4 Å². The van der Waals surface area contributed by atoms with Crippen LogP contribution < -0.4 is 11.1 Å². The van der Waals surface area contributed by atoms with E-state index in [1.165, 1.54) is 13.1 Å². The molecule has 0 heterocycles. The third kappa shape index (κ3) is 9.46. The molecule has 0 fully saturated rings. The summed E-state index contributed by atoms with van der Waals surface area (Å²) >= 11 is 0. The quantitative estimate of drug-likeness (QED) is 0.222. The first-order valence-corrected chi connectivity index (χ1v) is 5.43. The highest BCUT2D eigenvalue weighted by Crippen LogP contribution is 2.00. The summed E-state index contributed by atoms with van der Waals surface area (Å²) in [6.45, 7) is 2.02. The van der Waals surface area contributed by atoms with Crippen LogP contribution in [0.5, 0.6) is 0 Å². The maximum atomic E-state index is 10.8. The Morgan fingerprint density at radius 3 is 2.76 bits per heavy atom. The van der Waals surface area contributed by atoms with Gasteiger partial charge in [-0.1, -0.05) is 11.6 Å². The summed E-state index contributed by atoms with van der Waals surface area (Å²) in [5.74, 6) is -1.43. The summed E-state index contributed by atoms with van der Waals surface area (Å²) in [6, 6.07) is -0.634. The van der Waals surface area contributed by atoms with E-state index in [-0.39, 0.29) is 6.54 Å². The van der Waals surface area contributed by atoms with Crippen LogP contribution >= 0.6 is 0 Å². The Labute approximate surface area is 100.0 Å². The molecule has 0 saturated carbocycles. The second kappa shape index (κ2) is 9.73. The first-order chi connectivity index (χ1) is 8.07. The van der Waals surface area contributed by atoms with Crippen molar-refractivity contribution < 1.29 is 19.5 Å². The molecule has 0 rings (SSSR count). The summed E-state index contributed by atoms with van der Waals surface area (Å²) in [5, 5.41) is 15.0. The van der Waals surface area contributed by atoms with Gasteiger partial charge in [0.15, 0.2) is 0 Å². The molecule has 0 aliphatic heterocycles. The van der Waals surface area contributed by atoms with Crippen LogP contribution in [0.15, 0.2) is 5.16 Å². The Bertz CT molecular complexity index is 268. The van der Waals surface area contributed by atoms with E-state index in [0.29, 0.717) is 13.0 Å². The van der Waals surface area contributed by atoms with Crippen LogP contribution in [0.2, 0.25) is 0 Å². The summed E-state index contributed by atoms with van der Waals surface area (Å²) in [6.07, 6.45) is 3.36. The molecule has 0 aliphatic carbocycles. The minimum absolute atomic E-state index is 0.229. The summed E-state index contributed by atoms with van der Waals surface area (Å²) in [4.78, 5) is 25.5. The van der Waals surface area contributed by atoms with Crippen LogP contribution in [0, 0.1) is 0 Å². The standard InChI is InChI=1S/C10H19N3O4/c1-8(14)17-13-7-6-12-9(10(15)16)4-2-3-5-11/h7,9,12H,2-6,11H2,1H3,(H,15,16)/t9-/m0/s1. The molecule has 0 aromatic heterocycles. The van der Waals surface area contributed by atoms with Crippen molar-refractivity contribution in [3.8, 4) is 0 Å². The van der Waals surface area contributed by atoms with E-state index in [2.05, 4.69) is 15.3 Å². The molecule has 7 nitrogen and oxygen atoms in total. The van der Waals surface area contributed by atoms with Gasteiger partial charge < -0.3 is 15.7 Å². The number of carboxylic acids is 1. The van der Waals surface area contributed by atoms with Gasteiger partial charge in [0.05, 0.1) is 6.21 Å². The fraction of sp³-hybridized carbons (Fsp3) is 0.700. The van der Waals surface area contributed by atoms with Gasteiger partial charge in [0.25, 0.3) is 0 Å². The number of oxime groups is 1. The van der Waals surface area contributed by atoms with E-state index in [0.717, 1.165) is 12.8 Å². The second-order valence-electron chi connectivity index (χ2n) is 3.45. The van der Waals surface area contributed by atoms with E-state index < -0.39 is 18.0 Å². The Morgan fingerprint density at radius 2 is 2.24 bits per heavy atom. The highest BCUT2D eigenvalue weighted by molar-refractivity contribution is 5.74. The molecule has 0 spiro atoms. The van der Waals surface area contributed by atoms with Gasteiger partial charge in [0.2, 0.25) is 0 Å². The largest absolute Gasteiger partial charge is 0.480 e. The fourth-order valence-electron chi connectivity index (χ4n) is 1.15. The van der Waals surface area contributed by atoms with Gasteiger partial charge in [0, 0.05) is 13.5 Å². The molecule has 98 valence electrons. The number of nitrogens with two attached hydrogens (primary N) is 1. The summed E-state index contributed by atoms with van der Waals surface area (Å²) < 4.78 is 0. The smallest absolute Gasteiger partial charge is 0.331 e. The summed E-state index contributed by atoms with van der Waals surface area (Å²) in [7, 11) is 0. The van der Waals surface area contributed by atoms with Gasteiger partial charge in [-0.2, -0.15) is 0 Å². The Morgan fingerprint density at radius 1 is 1.53 bits per heavy atom. The predicted molar refractivity (Wildman–Crippen MR) is 62.6 cm³/mol. The highest BCUT2D eigenvalue weighted by Gasteiger charge is 2.14. The lowest BCUT2D eigenvalue weighted by Crippen LogP contribution is -2.37. The van der Waals surface area contributed by atoms with Crippen LogP contribution in [0.1, 0.15) is 26.2 Å². The van der Waals surface area contributed by atoms with E-state index in [4.69, 9.17) is 10.8 Å². The van der Waals surface area contributed by atoms with Gasteiger partial charge in [-0.3, -0.25) is 10.1 Å². The monoisotopic (exact) mass is 245 g/mol. The number of carbonyl (C=O) groups is 2. The van der Waals surface area contributed by atoms with Crippen molar-refractivity contribution in [2.45, 2.75) is 32.2 Å². The molecule has 0 bridgehead atoms. The molecule has 0 radical (unpaired) electrons. The highest BCUT2D eigenvalue weighted by atomic mass is 16.7. The van der Waals surface area contributed by atoms with Crippen molar-refractivity contribution in [3.05, 3.63) is 0 Å². The van der Waals surface area contributed by atoms with Gasteiger partial charge in [0.1, 0.15) is 6.04 Å². The molecule has 17 heavy (non-hydrogen) atoms. The number of carbonyl (C=O) groups excluding carboxylic acids is 1. The average Bonchev–Trinajstić information content (AvgIpc) is 2.25. The number of unbranched alkanes of at least 4 members (excludes halogenated alkanes) is 1. The average molecular weight is 245 g/mol. The summed E-state index contributed by atoms with van der Waals surface area (Å²) in [5.41, 5.74) is 5.32. The Hall–Kier alpha value is -1.47. The molecule has 0 amide bonds. The fourth-order valence-corrected chi connectivity index (χ4v) is 1.15. The maximum absolute atomic E-state index is 10.8. The topological polar surface area (TPSA) is 114 Å². The lowest BCUT2D eigenvalue weighted by Gasteiger charge is -2.12. The van der Waals surface area contributed by atoms with Crippen molar-refractivity contribution in [1.29, 1.82) is 0 Å². The zero-order valence-corrected chi connectivity index (χ0v) is 9.89. The molecule has 7 heteroatoms. The third-order valence-corrected chi connectivity index (χ3v) is 1.96. The van der Waals surface area contributed by atoms with Gasteiger partial charge >= 0.3 is 11.9 Å². The lowest BCUT2D eigenvalue weighted by atomic mass is 10.1. The minimum atomic E-state index is -0.914. The number of aliphatic carboxylic acids is 1. The molecule has 0 aliphatic rings. The zero-order chi connectivity index (χ0) is 13.1. The van der Waals surface area contributed by atoms with Crippen molar-refractivity contribution >= 4 is 18.2 Å². The second-order valence-corrected chi connectivity index (χ2v) is 3.45. The number of hydrogen-bond acceptors (Lipinski definition) is 6. The molecule has 0 aromatic carbocycles. The van der Waals surface area contributed by atoms with Crippen LogP contribution in [0.3, 0.4) is 0 Å². The SMILES string of the molecule is CC(=O)ON=CCN[C@@H](CCCCN)C(=O)O. The van der Waals surface area contributed by atoms with E-state index in [9.17, 15) is 9.59 Å². The molecule has 0 unspecified atom stereocenters. The molecule has 0 saturated heterocycles. The third-order valence-electron chi connectivity index (χ3n) is 1.96. The zero-order valence-electron chi connectivity index (χ0n) is 9.89. The van der Waals surface area contributed by atoms with Crippen LogP contribution in [0.25, 0.3) is 0 Å². The number of nitrogens with one attached hydrogen (secondary N) is 1. The van der Waals surface area contributed by atoms with Crippen molar-refractivity contribution in [1.82, 2.24) is 5.32 Å². The maximum Gasteiger partial charge on any atom is 0.331 e. The molecule has 0 aromatic rings. The van der Waals surface area contributed by atoms with Gasteiger partial charge in [-0.05, 0) is 19.4 Å². The number of hydrogen-bond donors (Lipinski definition) is 3. The van der Waals surface area contributed by atoms with E-state index in [1.54, 1.807) is 0 Å². The van der Waals surface area contributed by atoms with Gasteiger partial charge in [-0.15, -0.1) is 0 Å². The lowest BCUT2D eigenvalue weighted by molar-refractivity contribution is -0.141. The normalized spacial score (nSPS) is 12.6. The van der Waals surface area contributed by atoms with Crippen LogP contribution in [0.4, 0.5) is 0 Å². The first kappa shape index (κ1) is 15.5. The van der Waals surface area contributed by atoms with Crippen molar-refractivity contribution in [2.24, 2.45) is 10.9 Å². The number of nitrogens with zero attached hydrogens (tertiary/aromatic N) is 1. The molecular formula is C10H19N3O4. The van der Waals surface area contributed by atoms with Crippen molar-refractivity contribution in [2.75, 3.05) is 13.1 Å². The molecular weight excluding hydrogens is 226 g/mol. The first-order valence-electron chi connectivity index (χ1n) is 5.43.